The maximum absolute atomic E-state index is 13.6. The van der Waals surface area contributed by atoms with Crippen LogP contribution in [-0.2, 0) is 25.6 Å². The largest absolute Gasteiger partial charge is 0.390 e. The van der Waals surface area contributed by atoms with E-state index in [-0.39, 0.29) is 36.3 Å². The molecule has 0 saturated heterocycles. The molecule has 270 valence electrons. The molecular formula is C38H52N6O6. The number of amides is 5. The molecule has 1 heterocycles. The van der Waals surface area contributed by atoms with E-state index < -0.39 is 66.2 Å². The predicted molar refractivity (Wildman–Crippen MR) is 193 cm³/mol. The summed E-state index contributed by atoms with van der Waals surface area (Å²) in [6, 6.07) is 16.2. The fraction of sp³-hybridized carbons (Fsp3) is 0.474. The van der Waals surface area contributed by atoms with E-state index in [9.17, 15) is 29.1 Å². The van der Waals surface area contributed by atoms with Gasteiger partial charge in [-0.25, -0.2) is 4.98 Å². The van der Waals surface area contributed by atoms with Gasteiger partial charge in [0, 0.05) is 11.8 Å². The summed E-state index contributed by atoms with van der Waals surface area (Å²) in [6.07, 6.45) is -0.885. The Balaban J connectivity index is 1.68. The van der Waals surface area contributed by atoms with Gasteiger partial charge in [0.1, 0.15) is 23.8 Å². The van der Waals surface area contributed by atoms with Crippen LogP contribution in [0, 0.1) is 17.8 Å². The van der Waals surface area contributed by atoms with Gasteiger partial charge in [0.25, 0.3) is 5.91 Å². The first kappa shape index (κ1) is 39.6. The molecule has 50 heavy (non-hydrogen) atoms. The second kappa shape index (κ2) is 18.8. The lowest BCUT2D eigenvalue weighted by Gasteiger charge is -2.29. The van der Waals surface area contributed by atoms with Crippen LogP contribution in [0.2, 0.25) is 0 Å². The highest BCUT2D eigenvalue weighted by atomic mass is 16.3. The first-order chi connectivity index (χ1) is 23.6. The molecule has 12 heteroatoms. The Bertz CT molecular complexity index is 1610. The smallest absolute Gasteiger partial charge is 0.270 e. The Hall–Kier alpha value is -4.84. The normalized spacial score (nSPS) is 14.4. The second-order valence-electron chi connectivity index (χ2n) is 14.0. The lowest BCUT2D eigenvalue weighted by molar-refractivity contribution is -0.133. The molecular weight excluding hydrogens is 636 g/mol. The van der Waals surface area contributed by atoms with Crippen LogP contribution < -0.4 is 27.0 Å². The number of pyridine rings is 1. The monoisotopic (exact) mass is 688 g/mol. The molecule has 0 unspecified atom stereocenters. The first-order valence-electron chi connectivity index (χ1n) is 17.2. The van der Waals surface area contributed by atoms with E-state index in [1.165, 1.54) is 0 Å². The summed E-state index contributed by atoms with van der Waals surface area (Å²) in [5, 5.41) is 23.1. The Kier molecular flexibility index (Phi) is 14.9. The van der Waals surface area contributed by atoms with Crippen LogP contribution in [0.5, 0.6) is 0 Å². The molecule has 0 aliphatic carbocycles. The van der Waals surface area contributed by atoms with E-state index in [0.717, 1.165) is 10.9 Å². The maximum atomic E-state index is 13.6. The van der Waals surface area contributed by atoms with Gasteiger partial charge in [-0.2, -0.15) is 0 Å². The molecule has 0 bridgehead atoms. The van der Waals surface area contributed by atoms with Crippen molar-refractivity contribution in [3.05, 3.63) is 78.0 Å². The van der Waals surface area contributed by atoms with Crippen molar-refractivity contribution in [2.75, 3.05) is 0 Å². The number of para-hydroxylation sites is 1. The van der Waals surface area contributed by atoms with Gasteiger partial charge in [0.15, 0.2) is 0 Å². The van der Waals surface area contributed by atoms with E-state index in [0.29, 0.717) is 11.9 Å². The molecule has 12 nitrogen and oxygen atoms in total. The van der Waals surface area contributed by atoms with E-state index in [1.54, 1.807) is 32.0 Å². The van der Waals surface area contributed by atoms with Crippen LogP contribution >= 0.6 is 0 Å². The van der Waals surface area contributed by atoms with Crippen LogP contribution in [0.25, 0.3) is 10.9 Å². The van der Waals surface area contributed by atoms with E-state index in [1.807, 2.05) is 76.2 Å². The molecule has 5 atom stereocenters. The number of nitrogens with zero attached hydrogens (tertiary/aromatic N) is 1. The van der Waals surface area contributed by atoms with Crippen molar-refractivity contribution >= 4 is 40.4 Å². The van der Waals surface area contributed by atoms with Crippen molar-refractivity contribution in [2.24, 2.45) is 23.5 Å². The number of aliphatic hydroxyl groups is 1. The number of carbonyl (C=O) groups is 5. The van der Waals surface area contributed by atoms with Gasteiger partial charge in [-0.15, -0.1) is 0 Å². The summed E-state index contributed by atoms with van der Waals surface area (Å²) in [5.41, 5.74) is 7.22. The van der Waals surface area contributed by atoms with Gasteiger partial charge in [-0.05, 0) is 48.3 Å². The van der Waals surface area contributed by atoms with Crippen molar-refractivity contribution in [1.82, 2.24) is 26.3 Å². The van der Waals surface area contributed by atoms with Crippen LogP contribution in [0.15, 0.2) is 66.7 Å². The minimum absolute atomic E-state index is 0.0121. The molecule has 0 aliphatic rings. The zero-order chi connectivity index (χ0) is 37.0. The number of aliphatic hydroxyl groups excluding tert-OH is 1. The SMILES string of the molecule is CC(C)C[C@H](NC(=O)C[C@H](O)[C@H](CC(C)C)NC(=O)[C@@H](NC(=O)c1ccc2ccccc2n1)C(C)C)C(=O)N[C@@H](Cc1ccccc1)C(N)=O. The highest BCUT2D eigenvalue weighted by Gasteiger charge is 2.32. The molecule has 0 fully saturated rings. The summed E-state index contributed by atoms with van der Waals surface area (Å²) in [5.74, 6) is -3.14. The van der Waals surface area contributed by atoms with Gasteiger partial charge in [-0.3, -0.25) is 24.0 Å². The average Bonchev–Trinajstić information content (AvgIpc) is 3.05. The van der Waals surface area contributed by atoms with Crippen LogP contribution in [0.4, 0.5) is 0 Å². The number of nitrogens with two attached hydrogens (primary N) is 1. The van der Waals surface area contributed by atoms with Gasteiger partial charge < -0.3 is 32.1 Å². The molecule has 1 aromatic heterocycles. The second-order valence-corrected chi connectivity index (χ2v) is 14.0. The molecule has 0 aliphatic heterocycles. The van der Waals surface area contributed by atoms with Gasteiger partial charge >= 0.3 is 0 Å². The zero-order valence-corrected chi connectivity index (χ0v) is 29.8. The quantitative estimate of drug-likeness (QED) is 0.118. The van der Waals surface area contributed by atoms with Crippen molar-refractivity contribution in [2.45, 2.75) is 97.5 Å². The third-order valence-corrected chi connectivity index (χ3v) is 8.28. The van der Waals surface area contributed by atoms with Crippen LogP contribution in [0.3, 0.4) is 0 Å². The number of hydrogen-bond donors (Lipinski definition) is 6. The third kappa shape index (κ3) is 12.2. The van der Waals surface area contributed by atoms with Crippen LogP contribution in [-0.4, -0.2) is 69.9 Å². The van der Waals surface area contributed by atoms with Gasteiger partial charge in [-0.1, -0.05) is 96.1 Å². The van der Waals surface area contributed by atoms with Crippen molar-refractivity contribution in [1.29, 1.82) is 0 Å². The third-order valence-electron chi connectivity index (χ3n) is 8.28. The molecule has 5 amide bonds. The Morgan fingerprint density at radius 1 is 0.720 bits per heavy atom. The number of fused-ring (bicyclic) bond motifs is 1. The highest BCUT2D eigenvalue weighted by molar-refractivity contribution is 5.98. The number of benzene rings is 2. The number of hydrogen-bond acceptors (Lipinski definition) is 7. The zero-order valence-electron chi connectivity index (χ0n) is 29.8. The number of carbonyl (C=O) groups excluding carboxylic acids is 5. The van der Waals surface area contributed by atoms with Crippen molar-refractivity contribution < 1.29 is 29.1 Å². The summed E-state index contributed by atoms with van der Waals surface area (Å²) in [4.78, 5) is 69.9. The lowest BCUT2D eigenvalue weighted by atomic mass is 9.95. The molecule has 7 N–H and O–H groups in total. The van der Waals surface area contributed by atoms with E-state index in [4.69, 9.17) is 5.73 Å². The van der Waals surface area contributed by atoms with E-state index in [2.05, 4.69) is 26.3 Å². The molecule has 0 spiro atoms. The number of rotatable bonds is 18. The number of nitrogens with one attached hydrogen (secondary N) is 4. The summed E-state index contributed by atoms with van der Waals surface area (Å²) in [7, 11) is 0. The lowest BCUT2D eigenvalue weighted by Crippen LogP contribution is -2.56. The fourth-order valence-electron chi connectivity index (χ4n) is 5.67. The topological polar surface area (TPSA) is 193 Å². The van der Waals surface area contributed by atoms with Crippen LogP contribution in [0.1, 0.15) is 76.9 Å². The summed E-state index contributed by atoms with van der Waals surface area (Å²) in [6.45, 7) is 11.2. The standard InChI is InChI=1S/C38H52N6O6/c1-22(2)18-29(42-38(50)34(24(5)6)44-36(48)28-17-16-26-14-10-11-15-27(26)40-28)32(45)21-33(46)41-31(19-23(3)4)37(49)43-30(35(39)47)20-25-12-8-7-9-13-25/h7-17,22-24,29-32,34,45H,18-21H2,1-6H3,(H2,39,47)(H,41,46)(H,42,50)(H,43,49)(H,44,48)/t29-,30-,31-,32-,34-/m0/s1. The number of primary amides is 1. The predicted octanol–water partition coefficient (Wildman–Crippen LogP) is 3.01. The Morgan fingerprint density at radius 2 is 1.36 bits per heavy atom. The minimum Gasteiger partial charge on any atom is -0.390 e. The molecule has 0 radical (unpaired) electrons. The summed E-state index contributed by atoms with van der Waals surface area (Å²) >= 11 is 0. The van der Waals surface area contributed by atoms with Gasteiger partial charge in [0.05, 0.1) is 24.1 Å². The van der Waals surface area contributed by atoms with Crippen molar-refractivity contribution in [3.63, 3.8) is 0 Å². The maximum Gasteiger partial charge on any atom is 0.270 e. The summed E-state index contributed by atoms with van der Waals surface area (Å²) < 4.78 is 0. The van der Waals surface area contributed by atoms with E-state index >= 15 is 0 Å². The first-order valence-corrected chi connectivity index (χ1v) is 17.2. The van der Waals surface area contributed by atoms with Gasteiger partial charge in [0.2, 0.25) is 23.6 Å². The Labute approximate surface area is 294 Å². The molecule has 2 aromatic carbocycles. The molecule has 3 aromatic rings. The fourth-order valence-corrected chi connectivity index (χ4v) is 5.67. The van der Waals surface area contributed by atoms with Crippen molar-refractivity contribution in [3.8, 4) is 0 Å². The number of aromatic nitrogens is 1. The molecule has 3 rings (SSSR count). The molecule has 0 saturated carbocycles. The minimum atomic E-state index is -1.30. The average molecular weight is 689 g/mol. The highest BCUT2D eigenvalue weighted by Crippen LogP contribution is 2.16. The Morgan fingerprint density at radius 3 is 1.98 bits per heavy atom.